The monoisotopic (exact) mass is 546 g/mol. The molecule has 0 unspecified atom stereocenters. The van der Waals surface area contributed by atoms with Crippen LogP contribution in [0.25, 0.3) is 0 Å². The average molecular weight is 547 g/mol. The third kappa shape index (κ3) is 4.68. The molecule has 0 spiro atoms. The number of carbonyl (C=O) groups is 2. The van der Waals surface area contributed by atoms with E-state index in [1.165, 1.54) is 6.07 Å². The van der Waals surface area contributed by atoms with Gasteiger partial charge in [-0.15, -0.1) is 0 Å². The fraction of sp³-hybridized carbons (Fsp3) is 0.414. The molecule has 3 atom stereocenters. The van der Waals surface area contributed by atoms with Crippen molar-refractivity contribution in [3.05, 3.63) is 80.9 Å². The van der Waals surface area contributed by atoms with E-state index in [4.69, 9.17) is 16.7 Å². The van der Waals surface area contributed by atoms with Crippen LogP contribution in [0, 0.1) is 11.3 Å². The lowest BCUT2D eigenvalue weighted by Gasteiger charge is -2.37. The number of nitrogens with zero attached hydrogens (tertiary/aromatic N) is 6. The summed E-state index contributed by atoms with van der Waals surface area (Å²) in [5.74, 6) is -0.359. The maximum absolute atomic E-state index is 13.9. The van der Waals surface area contributed by atoms with Crippen molar-refractivity contribution in [1.29, 1.82) is 5.26 Å². The first-order chi connectivity index (χ1) is 18.4. The molecular weight excluding hydrogens is 516 g/mol. The number of carbonyl (C=O) groups excluding carboxylic acids is 2. The van der Waals surface area contributed by atoms with Crippen molar-refractivity contribution in [1.82, 2.24) is 24.6 Å². The Labute approximate surface area is 232 Å². The van der Waals surface area contributed by atoms with Crippen molar-refractivity contribution in [2.75, 3.05) is 6.54 Å². The van der Waals surface area contributed by atoms with E-state index in [9.17, 15) is 20.0 Å². The number of aliphatic hydroxyl groups is 1. The summed E-state index contributed by atoms with van der Waals surface area (Å²) < 4.78 is 1.81. The molecule has 2 aliphatic rings. The maximum atomic E-state index is 13.9. The highest BCUT2D eigenvalue weighted by Crippen LogP contribution is 2.35. The molecule has 0 fully saturated rings. The van der Waals surface area contributed by atoms with Crippen LogP contribution in [-0.2, 0) is 18.6 Å². The number of hydrogen-bond donors (Lipinski definition) is 1. The molecule has 9 nitrogen and oxygen atoms in total. The molecule has 1 aromatic carbocycles. The minimum absolute atomic E-state index is 0.0525. The van der Waals surface area contributed by atoms with E-state index < -0.39 is 5.60 Å². The zero-order valence-electron chi connectivity index (χ0n) is 22.6. The lowest BCUT2D eigenvalue weighted by molar-refractivity contribution is 0.0572. The molecule has 0 saturated heterocycles. The van der Waals surface area contributed by atoms with E-state index in [0.717, 1.165) is 16.8 Å². The highest BCUT2D eigenvalue weighted by molar-refractivity contribution is 6.31. The Morgan fingerprint density at radius 2 is 1.97 bits per heavy atom. The molecule has 5 rings (SSSR count). The zero-order valence-corrected chi connectivity index (χ0v) is 23.4. The van der Waals surface area contributed by atoms with Gasteiger partial charge < -0.3 is 14.9 Å². The molecule has 0 saturated carbocycles. The Kier molecular flexibility index (Phi) is 6.73. The highest BCUT2D eigenvalue weighted by Gasteiger charge is 2.40. The molecule has 1 N–H and O–H groups in total. The summed E-state index contributed by atoms with van der Waals surface area (Å²) in [6, 6.07) is 9.96. The largest absolute Gasteiger partial charge is 0.384 e. The summed E-state index contributed by atoms with van der Waals surface area (Å²) in [4.78, 5) is 35.4. The molecule has 3 aromatic rings. The van der Waals surface area contributed by atoms with Crippen LogP contribution in [0.3, 0.4) is 0 Å². The fourth-order valence-electron chi connectivity index (χ4n) is 5.40. The molecular formula is C29H31ClN6O3. The smallest absolute Gasteiger partial charge is 0.273 e. The van der Waals surface area contributed by atoms with Gasteiger partial charge in [0, 0.05) is 36.3 Å². The van der Waals surface area contributed by atoms with E-state index in [0.29, 0.717) is 34.9 Å². The maximum Gasteiger partial charge on any atom is 0.273 e. The van der Waals surface area contributed by atoms with Crippen LogP contribution in [0.1, 0.15) is 95.6 Å². The van der Waals surface area contributed by atoms with Crippen molar-refractivity contribution in [3.8, 4) is 6.07 Å². The Morgan fingerprint density at radius 1 is 1.23 bits per heavy atom. The third-order valence-electron chi connectivity index (χ3n) is 7.74. The predicted molar refractivity (Wildman–Crippen MR) is 145 cm³/mol. The van der Waals surface area contributed by atoms with Gasteiger partial charge in [-0.1, -0.05) is 17.7 Å². The van der Waals surface area contributed by atoms with Crippen molar-refractivity contribution >= 4 is 23.4 Å². The van der Waals surface area contributed by atoms with Crippen molar-refractivity contribution in [3.63, 3.8) is 0 Å². The lowest BCUT2D eigenvalue weighted by Crippen LogP contribution is -2.45. The zero-order chi connectivity index (χ0) is 28.2. The SMILES string of the molecule is C[C@@H]1Cc2nn3c(c2CN1C(=O)c1ccc(Cl)c(C#N)c1)C(=O)N([C@H](C)c1ccc(C(C)(C)O)nc1)C[C@H]3C. The molecule has 4 heterocycles. The second-order valence-electron chi connectivity index (χ2n) is 11.0. The molecule has 0 bridgehead atoms. The third-order valence-corrected chi connectivity index (χ3v) is 8.07. The van der Waals surface area contributed by atoms with E-state index in [1.54, 1.807) is 43.1 Å². The topological polar surface area (TPSA) is 115 Å². The van der Waals surface area contributed by atoms with E-state index in [-0.39, 0.29) is 42.0 Å². The van der Waals surface area contributed by atoms with Crippen LogP contribution >= 0.6 is 11.6 Å². The molecule has 2 amide bonds. The second kappa shape index (κ2) is 9.78. The molecule has 2 aliphatic heterocycles. The summed E-state index contributed by atoms with van der Waals surface area (Å²) in [5, 5.41) is 24.7. The van der Waals surface area contributed by atoms with Gasteiger partial charge in [0.1, 0.15) is 17.4 Å². The highest BCUT2D eigenvalue weighted by atomic mass is 35.5. The van der Waals surface area contributed by atoms with Crippen molar-refractivity contribution in [2.24, 2.45) is 0 Å². The minimum Gasteiger partial charge on any atom is -0.384 e. The number of rotatable bonds is 4. The molecule has 2 aromatic heterocycles. The summed E-state index contributed by atoms with van der Waals surface area (Å²) in [6.45, 7) is 10.1. The van der Waals surface area contributed by atoms with Gasteiger partial charge in [0.2, 0.25) is 0 Å². The van der Waals surface area contributed by atoms with Gasteiger partial charge in [0.05, 0.1) is 40.6 Å². The summed E-state index contributed by atoms with van der Waals surface area (Å²) in [5.41, 5.74) is 3.11. The number of benzene rings is 1. The quantitative estimate of drug-likeness (QED) is 0.519. The van der Waals surface area contributed by atoms with Gasteiger partial charge in [0.15, 0.2) is 0 Å². The van der Waals surface area contributed by atoms with Gasteiger partial charge >= 0.3 is 0 Å². The number of nitriles is 1. The van der Waals surface area contributed by atoms with E-state index in [1.807, 2.05) is 42.5 Å². The predicted octanol–water partition coefficient (Wildman–Crippen LogP) is 4.40. The standard InChI is InChI=1S/C29H31ClN6O3/c1-16-10-24-22(15-34(16)27(37)19-6-8-23(30)21(11-19)12-31)26-28(38)35(14-17(2)36(26)33-24)18(3)20-7-9-25(32-13-20)29(4,5)39/h6-9,11,13,16-18,39H,10,14-15H2,1-5H3/t16-,17-,18-/m1/s1. The number of fused-ring (bicyclic) bond motifs is 3. The van der Waals surface area contributed by atoms with Crippen LogP contribution in [0.2, 0.25) is 5.02 Å². The molecule has 0 radical (unpaired) electrons. The minimum atomic E-state index is -1.05. The van der Waals surface area contributed by atoms with Gasteiger partial charge in [0.25, 0.3) is 11.8 Å². The van der Waals surface area contributed by atoms with Gasteiger partial charge in [-0.05, 0) is 64.4 Å². The Morgan fingerprint density at radius 3 is 2.62 bits per heavy atom. The van der Waals surface area contributed by atoms with Gasteiger partial charge in [-0.3, -0.25) is 19.3 Å². The second-order valence-corrected chi connectivity index (χ2v) is 11.4. The number of aromatic nitrogens is 3. The van der Waals surface area contributed by atoms with Crippen LogP contribution < -0.4 is 0 Å². The summed E-state index contributed by atoms with van der Waals surface area (Å²) in [7, 11) is 0. The Balaban J connectivity index is 1.45. The van der Waals surface area contributed by atoms with Crippen LogP contribution in [0.4, 0.5) is 0 Å². The lowest BCUT2D eigenvalue weighted by atomic mass is 9.96. The number of amides is 2. The normalized spacial score (nSPS) is 19.8. The van der Waals surface area contributed by atoms with Crippen molar-refractivity contribution in [2.45, 2.75) is 71.3 Å². The van der Waals surface area contributed by atoms with E-state index in [2.05, 4.69) is 4.98 Å². The number of pyridine rings is 1. The molecule has 10 heteroatoms. The molecule has 0 aliphatic carbocycles. The first-order valence-corrected chi connectivity index (χ1v) is 13.4. The van der Waals surface area contributed by atoms with Gasteiger partial charge in [-0.2, -0.15) is 10.4 Å². The van der Waals surface area contributed by atoms with Crippen molar-refractivity contribution < 1.29 is 14.7 Å². The number of hydrogen-bond acceptors (Lipinski definition) is 6. The Hall–Kier alpha value is -3.74. The summed E-state index contributed by atoms with van der Waals surface area (Å²) >= 11 is 6.07. The molecule has 202 valence electrons. The van der Waals surface area contributed by atoms with Gasteiger partial charge in [-0.25, -0.2) is 0 Å². The first-order valence-electron chi connectivity index (χ1n) is 13.0. The fourth-order valence-corrected chi connectivity index (χ4v) is 5.56. The average Bonchev–Trinajstić information content (AvgIpc) is 3.28. The molecule has 39 heavy (non-hydrogen) atoms. The Bertz CT molecular complexity index is 1500. The summed E-state index contributed by atoms with van der Waals surface area (Å²) in [6.07, 6.45) is 2.23. The van der Waals surface area contributed by atoms with Crippen LogP contribution in [0.15, 0.2) is 36.5 Å². The van der Waals surface area contributed by atoms with Crippen LogP contribution in [0.5, 0.6) is 0 Å². The number of halogens is 1. The first kappa shape index (κ1) is 26.9. The van der Waals surface area contributed by atoms with Crippen LogP contribution in [-0.4, -0.2) is 54.1 Å². The van der Waals surface area contributed by atoms with E-state index >= 15 is 0 Å².